The van der Waals surface area contributed by atoms with E-state index in [2.05, 4.69) is 45.2 Å². The van der Waals surface area contributed by atoms with Crippen molar-refractivity contribution in [2.24, 2.45) is 0 Å². The zero-order valence-corrected chi connectivity index (χ0v) is 21.8. The number of benzene rings is 2. The van der Waals surface area contributed by atoms with Gasteiger partial charge >= 0.3 is 0 Å². The summed E-state index contributed by atoms with van der Waals surface area (Å²) in [6, 6.07) is 21.1. The minimum Gasteiger partial charge on any atom is -0.688 e. The zero-order valence-electron chi connectivity index (χ0n) is 18.9. The molecule has 5 rings (SSSR count). The molecule has 1 aliphatic heterocycles. The van der Waals surface area contributed by atoms with Crippen molar-refractivity contribution in [1.82, 2.24) is 14.5 Å². The van der Waals surface area contributed by atoms with Crippen LogP contribution in [0.1, 0.15) is 30.7 Å². The maximum absolute atomic E-state index is 13.7. The van der Waals surface area contributed by atoms with E-state index in [1.165, 1.54) is 17.7 Å². The van der Waals surface area contributed by atoms with E-state index < -0.39 is 0 Å². The summed E-state index contributed by atoms with van der Waals surface area (Å²) in [6.07, 6.45) is 9.75. The molecule has 4 nitrogen and oxygen atoms in total. The second-order valence-electron chi connectivity index (χ2n) is 8.27. The van der Waals surface area contributed by atoms with Crippen LogP contribution in [0.2, 0.25) is 0 Å². The quantitative estimate of drug-likeness (QED) is 0.226. The Hall–Kier alpha value is -3.04. The van der Waals surface area contributed by atoms with E-state index >= 15 is 0 Å². The number of aromatic nitrogens is 3. The first-order chi connectivity index (χ1) is 16.3. The van der Waals surface area contributed by atoms with E-state index in [-0.39, 0.29) is 26.9 Å². The number of hydrogen-bond acceptors (Lipinski definition) is 2. The molecule has 6 heteroatoms. The Morgan fingerprint density at radius 2 is 1.71 bits per heavy atom. The summed E-state index contributed by atoms with van der Waals surface area (Å²) in [4.78, 5) is 9.26. The first kappa shape index (κ1) is 24.1. The third-order valence-electron chi connectivity index (χ3n) is 5.96. The van der Waals surface area contributed by atoms with Gasteiger partial charge in [-0.3, -0.25) is 4.98 Å². The molecule has 0 N–H and O–H groups in total. The Morgan fingerprint density at radius 3 is 2.41 bits per heavy atom. The normalized spacial score (nSPS) is 14.1. The molecule has 4 aromatic rings. The second kappa shape index (κ2) is 11.4. The van der Waals surface area contributed by atoms with Crippen LogP contribution in [0.5, 0.6) is 0 Å². The summed E-state index contributed by atoms with van der Waals surface area (Å²) in [5, 5.41) is 4.64. The van der Waals surface area contributed by atoms with Crippen LogP contribution in [0.4, 0.5) is 4.39 Å². The number of allylic oxidation sites excluding steroid dienone is 1. The van der Waals surface area contributed by atoms with Crippen LogP contribution in [-0.2, 0) is 34.0 Å². The molecule has 0 aliphatic carbocycles. The third kappa shape index (κ3) is 5.53. The van der Waals surface area contributed by atoms with Gasteiger partial charge in [-0.05, 0) is 60.9 Å². The SMILES string of the molecule is Fc1ccc(-c2nc(/C=C3\CCC[N-]3)n(CCCc3ccccc3)c2-c2ccncc2)cc1.[W]. The number of halogens is 1. The third-order valence-corrected chi connectivity index (χ3v) is 5.96. The molecule has 0 radical (unpaired) electrons. The number of imidazole rings is 1. The molecular weight excluding hydrogens is 595 g/mol. The molecule has 2 aromatic heterocycles. The number of pyridine rings is 1. The van der Waals surface area contributed by atoms with Crippen molar-refractivity contribution in [3.63, 3.8) is 0 Å². The molecule has 1 fully saturated rings. The Kier molecular flexibility index (Phi) is 8.07. The molecule has 0 atom stereocenters. The number of hydrogen-bond donors (Lipinski definition) is 0. The van der Waals surface area contributed by atoms with Crippen LogP contribution < -0.4 is 0 Å². The Morgan fingerprint density at radius 1 is 0.941 bits per heavy atom. The average Bonchev–Trinajstić information content (AvgIpc) is 3.49. The van der Waals surface area contributed by atoms with Crippen molar-refractivity contribution >= 4 is 6.08 Å². The predicted octanol–water partition coefficient (Wildman–Crippen LogP) is 6.89. The zero-order chi connectivity index (χ0) is 22.5. The molecule has 0 amide bonds. The van der Waals surface area contributed by atoms with Crippen molar-refractivity contribution in [2.45, 2.75) is 32.2 Å². The fourth-order valence-corrected chi connectivity index (χ4v) is 4.33. The molecular formula is C28H26FN4W-. The van der Waals surface area contributed by atoms with E-state index in [4.69, 9.17) is 4.98 Å². The smallest absolute Gasteiger partial charge is 0.132 e. The number of nitrogens with zero attached hydrogens (tertiary/aromatic N) is 4. The number of rotatable bonds is 7. The Bertz CT molecular complexity index is 1230. The summed E-state index contributed by atoms with van der Waals surface area (Å²) < 4.78 is 15.9. The molecule has 1 aliphatic rings. The van der Waals surface area contributed by atoms with Crippen LogP contribution >= 0.6 is 0 Å². The Balaban J connectivity index is 0.00000274. The molecule has 172 valence electrons. The minimum absolute atomic E-state index is 0. The van der Waals surface area contributed by atoms with Crippen molar-refractivity contribution in [1.29, 1.82) is 0 Å². The van der Waals surface area contributed by atoms with E-state index in [1.54, 1.807) is 24.5 Å². The fraction of sp³-hybridized carbons (Fsp3) is 0.214. The van der Waals surface area contributed by atoms with E-state index in [0.29, 0.717) is 0 Å². The fourth-order valence-electron chi connectivity index (χ4n) is 4.33. The standard InChI is InChI=1S/C28H26FN4.W/c29-24-12-10-22(11-13-24)27-28(23-14-17-30-18-15-23)33(19-5-8-21-6-2-1-3-7-21)26(32-27)20-25-9-4-16-31-25;/h1-3,6-7,10-15,17-18,20H,4-5,8-9,16,19H2;/q-1;/b25-20+;. The molecule has 0 saturated carbocycles. The van der Waals surface area contributed by atoms with Gasteiger partial charge in [-0.2, -0.15) is 5.70 Å². The van der Waals surface area contributed by atoms with Crippen LogP contribution in [0.25, 0.3) is 33.9 Å². The van der Waals surface area contributed by atoms with Crippen molar-refractivity contribution in [2.75, 3.05) is 6.54 Å². The van der Waals surface area contributed by atoms with Gasteiger partial charge in [-0.15, -0.1) is 6.54 Å². The van der Waals surface area contributed by atoms with Crippen molar-refractivity contribution < 1.29 is 25.5 Å². The van der Waals surface area contributed by atoms with Gasteiger partial charge in [0.2, 0.25) is 0 Å². The van der Waals surface area contributed by atoms with Gasteiger partial charge in [-0.1, -0.05) is 43.2 Å². The Labute approximate surface area is 214 Å². The molecule has 0 spiro atoms. The van der Waals surface area contributed by atoms with Gasteiger partial charge in [0.1, 0.15) is 11.6 Å². The number of aryl methyl sites for hydroxylation is 1. The average molecular weight is 621 g/mol. The van der Waals surface area contributed by atoms with Gasteiger partial charge in [0.15, 0.2) is 0 Å². The largest absolute Gasteiger partial charge is 0.688 e. The second-order valence-corrected chi connectivity index (χ2v) is 8.27. The summed E-state index contributed by atoms with van der Waals surface area (Å²) in [6.45, 7) is 1.70. The molecule has 1 saturated heterocycles. The predicted molar refractivity (Wildman–Crippen MR) is 131 cm³/mol. The van der Waals surface area contributed by atoms with Gasteiger partial charge in [0, 0.05) is 51.1 Å². The first-order valence-corrected chi connectivity index (χ1v) is 11.5. The van der Waals surface area contributed by atoms with Crippen LogP contribution in [-0.4, -0.2) is 21.1 Å². The van der Waals surface area contributed by atoms with Crippen LogP contribution in [0.3, 0.4) is 0 Å². The minimum atomic E-state index is -0.251. The van der Waals surface area contributed by atoms with Crippen molar-refractivity contribution in [3.05, 3.63) is 107 Å². The van der Waals surface area contributed by atoms with E-state index in [0.717, 1.165) is 72.8 Å². The molecule has 0 bridgehead atoms. The topological polar surface area (TPSA) is 44.8 Å². The summed E-state index contributed by atoms with van der Waals surface area (Å²) in [5.41, 5.74) is 6.24. The molecule has 0 unspecified atom stereocenters. The first-order valence-electron chi connectivity index (χ1n) is 11.5. The summed E-state index contributed by atoms with van der Waals surface area (Å²) in [7, 11) is 0. The maximum atomic E-state index is 13.7. The van der Waals surface area contributed by atoms with Gasteiger partial charge in [0.25, 0.3) is 0 Å². The molecule has 34 heavy (non-hydrogen) atoms. The monoisotopic (exact) mass is 621 g/mol. The van der Waals surface area contributed by atoms with E-state index in [9.17, 15) is 4.39 Å². The summed E-state index contributed by atoms with van der Waals surface area (Å²) >= 11 is 0. The summed E-state index contributed by atoms with van der Waals surface area (Å²) in [5.74, 6) is 0.647. The molecule has 2 aromatic carbocycles. The van der Waals surface area contributed by atoms with Gasteiger partial charge in [-0.25, -0.2) is 9.37 Å². The van der Waals surface area contributed by atoms with Crippen LogP contribution in [0.15, 0.2) is 84.8 Å². The van der Waals surface area contributed by atoms with Crippen molar-refractivity contribution in [3.8, 4) is 22.5 Å². The maximum Gasteiger partial charge on any atom is 0.132 e. The van der Waals surface area contributed by atoms with E-state index in [1.807, 2.05) is 18.2 Å². The van der Waals surface area contributed by atoms with Crippen LogP contribution in [0, 0.1) is 5.82 Å². The van der Waals surface area contributed by atoms with Gasteiger partial charge < -0.3 is 9.88 Å². The van der Waals surface area contributed by atoms with Gasteiger partial charge in [0.05, 0.1) is 11.4 Å². The molecule has 3 heterocycles.